The quantitative estimate of drug-likeness (QED) is 0.671. The lowest BCUT2D eigenvalue weighted by Crippen LogP contribution is -2.88. The summed E-state index contributed by atoms with van der Waals surface area (Å²) in [6.45, 7) is 4.61. The van der Waals surface area contributed by atoms with Crippen molar-refractivity contribution >= 4 is 17.5 Å². The Hall–Kier alpha value is -2.66. The number of hydrogen-bond acceptors (Lipinski definition) is 2. The van der Waals surface area contributed by atoms with E-state index in [9.17, 15) is 9.59 Å². The summed E-state index contributed by atoms with van der Waals surface area (Å²) in [4.78, 5) is 24.9. The number of nitrogens with one attached hydrogen (secondary N) is 2. The number of rotatable bonds is 8. The highest BCUT2D eigenvalue weighted by Crippen LogP contribution is 2.21. The zero-order chi connectivity index (χ0) is 19.2. The van der Waals surface area contributed by atoms with Gasteiger partial charge in [0.15, 0.2) is 6.54 Å². The van der Waals surface area contributed by atoms with Crippen molar-refractivity contribution in [3.8, 4) is 0 Å². The largest absolute Gasteiger partial charge is 0.349 e. The van der Waals surface area contributed by atoms with Crippen LogP contribution in [0.2, 0.25) is 0 Å². The number of nitrogens with two attached hydrogens (primary N) is 1. The highest BCUT2D eigenvalue weighted by Gasteiger charge is 2.25. The molecule has 0 unspecified atom stereocenters. The first-order valence-corrected chi connectivity index (χ1v) is 9.62. The Bertz CT molecular complexity index is 785. The predicted molar refractivity (Wildman–Crippen MR) is 106 cm³/mol. The van der Waals surface area contributed by atoms with Crippen LogP contribution in [0, 0.1) is 5.92 Å². The molecule has 1 aliphatic rings. The van der Waals surface area contributed by atoms with Gasteiger partial charge in [0.1, 0.15) is 6.04 Å². The molecule has 0 bridgehead atoms. The van der Waals surface area contributed by atoms with Gasteiger partial charge in [0.25, 0.3) is 11.8 Å². The van der Waals surface area contributed by atoms with Gasteiger partial charge in [-0.2, -0.15) is 0 Å². The minimum Gasteiger partial charge on any atom is -0.349 e. The first kappa shape index (κ1) is 19.1. The first-order chi connectivity index (χ1) is 13.0. The average molecular weight is 366 g/mol. The topological polar surface area (TPSA) is 74.8 Å². The molecule has 0 aliphatic heterocycles. The summed E-state index contributed by atoms with van der Waals surface area (Å²) >= 11 is 0. The predicted octanol–water partition coefficient (Wildman–Crippen LogP) is 2.48. The molecular formula is C22H28N3O2+. The number of para-hydroxylation sites is 1. The zero-order valence-electron chi connectivity index (χ0n) is 15.9. The number of amides is 2. The molecule has 2 aromatic carbocycles. The van der Waals surface area contributed by atoms with Gasteiger partial charge in [0.2, 0.25) is 0 Å². The minimum absolute atomic E-state index is 0.108. The molecule has 5 heteroatoms. The Kier molecular flexibility index (Phi) is 6.24. The van der Waals surface area contributed by atoms with Crippen molar-refractivity contribution in [2.45, 2.75) is 38.8 Å². The van der Waals surface area contributed by atoms with E-state index in [2.05, 4.69) is 41.9 Å². The minimum atomic E-state index is -0.123. The van der Waals surface area contributed by atoms with Crippen molar-refractivity contribution in [3.63, 3.8) is 0 Å². The third kappa shape index (κ3) is 5.41. The Balaban J connectivity index is 1.61. The maximum Gasteiger partial charge on any atom is 0.279 e. The van der Waals surface area contributed by atoms with E-state index in [4.69, 9.17) is 0 Å². The van der Waals surface area contributed by atoms with Crippen molar-refractivity contribution in [2.24, 2.45) is 5.92 Å². The maximum atomic E-state index is 12.5. The lowest BCUT2D eigenvalue weighted by Gasteiger charge is -2.19. The first-order valence-electron chi connectivity index (χ1n) is 9.62. The van der Waals surface area contributed by atoms with Crippen molar-refractivity contribution in [1.29, 1.82) is 0 Å². The Morgan fingerprint density at radius 2 is 1.70 bits per heavy atom. The van der Waals surface area contributed by atoms with Crippen molar-refractivity contribution in [1.82, 2.24) is 5.32 Å². The summed E-state index contributed by atoms with van der Waals surface area (Å²) in [7, 11) is 0. The van der Waals surface area contributed by atoms with Gasteiger partial charge in [-0.15, -0.1) is 0 Å². The van der Waals surface area contributed by atoms with E-state index in [1.54, 1.807) is 12.1 Å². The molecule has 1 saturated carbocycles. The van der Waals surface area contributed by atoms with Crippen LogP contribution in [0.5, 0.6) is 0 Å². The van der Waals surface area contributed by atoms with Gasteiger partial charge < -0.3 is 16.0 Å². The molecule has 0 saturated heterocycles. The number of carbonyl (C=O) groups excluding carboxylic acids is 2. The van der Waals surface area contributed by atoms with Gasteiger partial charge in [-0.05, 0) is 25.0 Å². The van der Waals surface area contributed by atoms with E-state index >= 15 is 0 Å². The van der Waals surface area contributed by atoms with Crippen molar-refractivity contribution < 1.29 is 14.9 Å². The number of carbonyl (C=O) groups is 2. The van der Waals surface area contributed by atoms with E-state index in [0.29, 0.717) is 23.7 Å². The van der Waals surface area contributed by atoms with E-state index in [-0.39, 0.29) is 23.9 Å². The highest BCUT2D eigenvalue weighted by atomic mass is 16.2. The van der Waals surface area contributed by atoms with E-state index in [0.717, 1.165) is 12.8 Å². The molecule has 0 heterocycles. The second-order valence-electron chi connectivity index (χ2n) is 7.46. The summed E-state index contributed by atoms with van der Waals surface area (Å²) in [6.07, 6.45) is 2.07. The second-order valence-corrected chi connectivity index (χ2v) is 7.46. The monoisotopic (exact) mass is 366 g/mol. The smallest absolute Gasteiger partial charge is 0.279 e. The van der Waals surface area contributed by atoms with Crippen LogP contribution in [0.4, 0.5) is 5.69 Å². The molecule has 1 atom stereocenters. The van der Waals surface area contributed by atoms with Crippen LogP contribution in [0.1, 0.15) is 48.7 Å². The van der Waals surface area contributed by atoms with Gasteiger partial charge >= 0.3 is 0 Å². The molecule has 0 radical (unpaired) electrons. The molecule has 0 spiro atoms. The molecule has 4 N–H and O–H groups in total. The molecule has 142 valence electrons. The van der Waals surface area contributed by atoms with Gasteiger partial charge in [0, 0.05) is 17.5 Å². The number of hydrogen-bond donors (Lipinski definition) is 3. The molecule has 5 nitrogen and oxygen atoms in total. The van der Waals surface area contributed by atoms with Gasteiger partial charge in [0.05, 0.1) is 11.3 Å². The third-order valence-corrected chi connectivity index (χ3v) is 4.82. The van der Waals surface area contributed by atoms with Crippen LogP contribution >= 0.6 is 0 Å². The fourth-order valence-electron chi connectivity index (χ4n) is 3.18. The Morgan fingerprint density at radius 3 is 2.37 bits per heavy atom. The van der Waals surface area contributed by atoms with Gasteiger partial charge in [-0.3, -0.25) is 9.59 Å². The fraction of sp³-hybridized carbons (Fsp3) is 0.364. The molecule has 0 aromatic heterocycles. The number of benzene rings is 2. The number of quaternary nitrogens is 1. The van der Waals surface area contributed by atoms with Crippen molar-refractivity contribution in [2.75, 3.05) is 11.9 Å². The maximum absolute atomic E-state index is 12.5. The Labute approximate surface area is 160 Å². The number of anilines is 1. The van der Waals surface area contributed by atoms with Gasteiger partial charge in [-0.25, -0.2) is 0 Å². The van der Waals surface area contributed by atoms with Crippen LogP contribution in [0.3, 0.4) is 0 Å². The summed E-state index contributed by atoms with van der Waals surface area (Å²) < 4.78 is 0. The molecule has 27 heavy (non-hydrogen) atoms. The van der Waals surface area contributed by atoms with E-state index < -0.39 is 0 Å². The normalized spacial score (nSPS) is 14.6. The SMILES string of the molecule is CC(C)[C@@H]([NH2+]CC(=O)Nc1ccccc1C(=O)NC1CC1)c1ccccc1. The highest BCUT2D eigenvalue weighted by molar-refractivity contribution is 6.04. The lowest BCUT2D eigenvalue weighted by molar-refractivity contribution is -0.692. The zero-order valence-corrected chi connectivity index (χ0v) is 15.9. The van der Waals surface area contributed by atoms with Gasteiger partial charge in [-0.1, -0.05) is 56.3 Å². The van der Waals surface area contributed by atoms with Crippen LogP contribution in [-0.2, 0) is 4.79 Å². The van der Waals surface area contributed by atoms with Crippen LogP contribution in [-0.4, -0.2) is 24.4 Å². The van der Waals surface area contributed by atoms with E-state index in [1.807, 2.05) is 30.3 Å². The summed E-state index contributed by atoms with van der Waals surface area (Å²) in [5.74, 6) is 0.168. The molecular weight excluding hydrogens is 338 g/mol. The van der Waals surface area contributed by atoms with Crippen LogP contribution in [0.15, 0.2) is 54.6 Å². The lowest BCUT2D eigenvalue weighted by atomic mass is 9.96. The summed E-state index contributed by atoms with van der Waals surface area (Å²) in [5, 5.41) is 7.93. The molecule has 2 amide bonds. The van der Waals surface area contributed by atoms with Crippen molar-refractivity contribution in [3.05, 3.63) is 65.7 Å². The summed E-state index contributed by atoms with van der Waals surface area (Å²) in [6, 6.07) is 17.9. The summed E-state index contributed by atoms with van der Waals surface area (Å²) in [5.41, 5.74) is 2.29. The second kappa shape index (κ2) is 8.82. The molecule has 3 rings (SSSR count). The average Bonchev–Trinajstić information content (AvgIpc) is 3.47. The molecule has 1 fully saturated rings. The third-order valence-electron chi connectivity index (χ3n) is 4.82. The van der Waals surface area contributed by atoms with Crippen LogP contribution < -0.4 is 16.0 Å². The molecule has 1 aliphatic carbocycles. The van der Waals surface area contributed by atoms with E-state index in [1.165, 1.54) is 5.56 Å². The Morgan fingerprint density at radius 1 is 1.04 bits per heavy atom. The standard InChI is InChI=1S/C22H27N3O2/c1-15(2)21(16-8-4-3-5-9-16)23-14-20(26)25-19-11-7-6-10-18(19)22(27)24-17-12-13-17/h3-11,15,17,21,23H,12-14H2,1-2H3,(H,24,27)(H,25,26)/p+1/t21-/m1/s1. The van der Waals surface area contributed by atoms with Crippen LogP contribution in [0.25, 0.3) is 0 Å². The fourth-order valence-corrected chi connectivity index (χ4v) is 3.18. The molecule has 2 aromatic rings.